The zero-order valence-corrected chi connectivity index (χ0v) is 27.7. The molecule has 44 heavy (non-hydrogen) atoms. The van der Waals surface area contributed by atoms with Crippen LogP contribution in [0.1, 0.15) is 24.0 Å². The molecular formula is C31H35Cl2FN6O2S2. The van der Waals surface area contributed by atoms with E-state index in [0.717, 1.165) is 55.4 Å². The van der Waals surface area contributed by atoms with Crippen molar-refractivity contribution in [1.29, 1.82) is 0 Å². The lowest BCUT2D eigenvalue weighted by Gasteiger charge is -2.42. The van der Waals surface area contributed by atoms with Crippen molar-refractivity contribution in [1.82, 2.24) is 20.2 Å². The Kier molecular flexibility index (Phi) is 12.3. The number of carbonyl (C=O) groups excluding carboxylic acids is 1. The molecule has 3 heterocycles. The Balaban J connectivity index is 1.47. The number of rotatable bonds is 13. The molecule has 234 valence electrons. The van der Waals surface area contributed by atoms with E-state index in [1.165, 1.54) is 23.6 Å². The highest BCUT2D eigenvalue weighted by atomic mass is 35.5. The van der Waals surface area contributed by atoms with Crippen LogP contribution >= 0.6 is 46.3 Å². The number of piperidine rings is 1. The minimum atomic E-state index is -0.768. The number of nitrogens with zero attached hydrogens (tertiary/aromatic N) is 3. The maximum absolute atomic E-state index is 15.7. The number of thioether (sulfide) groups is 1. The quantitative estimate of drug-likeness (QED) is 0.101. The first-order chi connectivity index (χ1) is 21.1. The lowest BCUT2D eigenvalue weighted by Crippen LogP contribution is -2.49. The second-order valence-corrected chi connectivity index (χ2v) is 13.6. The van der Waals surface area contributed by atoms with Crippen LogP contribution in [0.2, 0.25) is 10.0 Å². The molecule has 0 spiro atoms. The predicted molar refractivity (Wildman–Crippen MR) is 180 cm³/mol. The van der Waals surface area contributed by atoms with E-state index in [0.29, 0.717) is 31.8 Å². The normalized spacial score (nSPS) is 15.7. The van der Waals surface area contributed by atoms with Gasteiger partial charge in [0.2, 0.25) is 0 Å². The number of hydrogen-bond donors (Lipinski definition) is 3. The molecule has 1 fully saturated rings. The van der Waals surface area contributed by atoms with E-state index in [2.05, 4.69) is 32.1 Å². The fourth-order valence-corrected chi connectivity index (χ4v) is 7.06. The van der Waals surface area contributed by atoms with Crippen LogP contribution in [0.15, 0.2) is 82.1 Å². The zero-order chi connectivity index (χ0) is 31.7. The highest BCUT2D eigenvalue weighted by Crippen LogP contribution is 2.39. The van der Waals surface area contributed by atoms with Crippen molar-refractivity contribution in [2.24, 2.45) is 5.73 Å². The number of likely N-dealkylation sites (tertiary alicyclic amines) is 1. The number of aryl methyl sites for hydroxylation is 1. The van der Waals surface area contributed by atoms with Crippen LogP contribution in [-0.4, -0.2) is 60.7 Å². The molecule has 1 aliphatic rings. The predicted octanol–water partition coefficient (Wildman–Crippen LogP) is 7.00. The molecule has 1 amide bonds. The molecule has 0 aliphatic carbocycles. The van der Waals surface area contributed by atoms with Gasteiger partial charge in [0.05, 0.1) is 37.5 Å². The monoisotopic (exact) mass is 676 g/mol. The van der Waals surface area contributed by atoms with E-state index in [4.69, 9.17) is 33.7 Å². The van der Waals surface area contributed by atoms with Gasteiger partial charge < -0.3 is 26.0 Å². The van der Waals surface area contributed by atoms with Gasteiger partial charge in [0.15, 0.2) is 5.13 Å². The van der Waals surface area contributed by atoms with E-state index < -0.39 is 17.1 Å². The van der Waals surface area contributed by atoms with E-state index >= 15 is 4.39 Å². The average Bonchev–Trinajstić information content (AvgIpc) is 3.46. The van der Waals surface area contributed by atoms with Gasteiger partial charge in [0.1, 0.15) is 11.6 Å². The summed E-state index contributed by atoms with van der Waals surface area (Å²) in [6.45, 7) is 9.10. The maximum Gasteiger partial charge on any atom is 0.253 e. The Morgan fingerprint density at radius 1 is 1.25 bits per heavy atom. The summed E-state index contributed by atoms with van der Waals surface area (Å²) in [7, 11) is 1.68. The molecule has 1 aromatic carbocycles. The van der Waals surface area contributed by atoms with E-state index in [9.17, 15) is 4.79 Å². The molecule has 1 saturated heterocycles. The van der Waals surface area contributed by atoms with Crippen molar-refractivity contribution in [3.05, 3.63) is 99.1 Å². The summed E-state index contributed by atoms with van der Waals surface area (Å²) in [5, 5.41) is 7.59. The van der Waals surface area contributed by atoms with Crippen molar-refractivity contribution in [3.63, 3.8) is 0 Å². The number of nitrogens with one attached hydrogen (secondary N) is 2. The van der Waals surface area contributed by atoms with Gasteiger partial charge in [-0.1, -0.05) is 58.9 Å². The van der Waals surface area contributed by atoms with E-state index in [1.54, 1.807) is 25.6 Å². The standard InChI is InChI=1S/C31H35Cl2FN6O2S2/c1-20-7-11-36-26(16-20)39-30-37-18-27(44-30)43-25(6-10-35)28(34)21(2)29(41)38-19-31(22-4-5-23(32)24(33)17-22)8-12-40(13-9-31)14-15-42-3/h4-7,10-11,16-18H,2,8-9,12-15,19,35H2,1,3H3,(H,38,41)(H,36,37,39)/b10-6-,28-25-. The number of thiazole rings is 1. The van der Waals surface area contributed by atoms with E-state index in [1.807, 2.05) is 31.2 Å². The summed E-state index contributed by atoms with van der Waals surface area (Å²) < 4.78 is 21.7. The highest BCUT2D eigenvalue weighted by Gasteiger charge is 2.37. The third-order valence-electron chi connectivity index (χ3n) is 7.39. The summed E-state index contributed by atoms with van der Waals surface area (Å²) >= 11 is 15.0. The van der Waals surface area contributed by atoms with Crippen LogP contribution in [0.3, 0.4) is 0 Å². The van der Waals surface area contributed by atoms with Crippen LogP contribution in [-0.2, 0) is 14.9 Å². The van der Waals surface area contributed by atoms with Gasteiger partial charge in [-0.3, -0.25) is 4.79 Å². The molecule has 0 saturated carbocycles. The second-order valence-electron chi connectivity index (χ2n) is 10.4. The Morgan fingerprint density at radius 3 is 2.70 bits per heavy atom. The Hall–Kier alpha value is -2.93. The maximum atomic E-state index is 15.7. The molecule has 13 heteroatoms. The molecule has 3 aromatic rings. The van der Waals surface area contributed by atoms with Gasteiger partial charge in [-0.15, -0.1) is 0 Å². The number of benzene rings is 1. The van der Waals surface area contributed by atoms with Crippen molar-refractivity contribution in [3.8, 4) is 0 Å². The molecule has 0 radical (unpaired) electrons. The number of halogens is 3. The van der Waals surface area contributed by atoms with Gasteiger partial charge in [0.25, 0.3) is 5.91 Å². The summed E-state index contributed by atoms with van der Waals surface area (Å²) in [6.07, 6.45) is 7.47. The van der Waals surface area contributed by atoms with Crippen LogP contribution in [0.25, 0.3) is 0 Å². The Labute approximate surface area is 275 Å². The van der Waals surface area contributed by atoms with E-state index in [-0.39, 0.29) is 17.0 Å². The van der Waals surface area contributed by atoms with Gasteiger partial charge in [-0.05, 0) is 80.5 Å². The summed E-state index contributed by atoms with van der Waals surface area (Å²) in [4.78, 5) is 24.4. The Morgan fingerprint density at radius 2 is 2.02 bits per heavy atom. The van der Waals surface area contributed by atoms with Gasteiger partial charge in [-0.2, -0.15) is 0 Å². The number of aromatic nitrogens is 2. The van der Waals surface area contributed by atoms with Crippen molar-refractivity contribution < 1.29 is 13.9 Å². The molecule has 2 aromatic heterocycles. The first-order valence-corrected chi connectivity index (χ1v) is 16.3. The molecule has 4 N–H and O–H groups in total. The molecule has 1 aliphatic heterocycles. The van der Waals surface area contributed by atoms with Gasteiger partial charge in [-0.25, -0.2) is 14.4 Å². The average molecular weight is 678 g/mol. The number of ether oxygens (including phenoxy) is 1. The van der Waals surface area contributed by atoms with Crippen LogP contribution in [0.5, 0.6) is 0 Å². The number of pyridine rings is 1. The third-order valence-corrected chi connectivity index (χ3v) is 10.2. The SMILES string of the molecule is C=C(C(=O)NCC1(c2ccc(Cl)c(Cl)c2)CCN(CCOC)CC1)/C(F)=C(\C=C/N)Sc1cnc(Nc2cc(C)ccn2)s1. The molecule has 8 nitrogen and oxygen atoms in total. The molecule has 0 unspecified atom stereocenters. The lowest BCUT2D eigenvalue weighted by atomic mass is 9.72. The third kappa shape index (κ3) is 8.83. The first-order valence-electron chi connectivity index (χ1n) is 13.9. The van der Waals surface area contributed by atoms with Crippen molar-refractivity contribution >= 4 is 63.2 Å². The smallest absolute Gasteiger partial charge is 0.253 e. The minimum Gasteiger partial charge on any atom is -0.405 e. The Bertz CT molecular complexity index is 1540. The molecular weight excluding hydrogens is 642 g/mol. The van der Waals surface area contributed by atoms with Crippen LogP contribution in [0.4, 0.5) is 15.3 Å². The number of carbonyl (C=O) groups is 1. The molecule has 0 atom stereocenters. The second kappa shape index (κ2) is 15.9. The summed E-state index contributed by atoms with van der Waals surface area (Å²) in [6, 6.07) is 9.35. The first kappa shape index (κ1) is 34.0. The number of hydrogen-bond acceptors (Lipinski definition) is 9. The number of amides is 1. The van der Waals surface area contributed by atoms with Gasteiger partial charge in [0, 0.05) is 31.8 Å². The summed E-state index contributed by atoms with van der Waals surface area (Å²) in [5.41, 5.74) is 6.95. The fourth-order valence-electron chi connectivity index (χ4n) is 4.85. The summed E-state index contributed by atoms with van der Waals surface area (Å²) in [5.74, 6) is -0.719. The van der Waals surface area contributed by atoms with Crippen molar-refractivity contribution in [2.45, 2.75) is 29.4 Å². The van der Waals surface area contributed by atoms with Crippen LogP contribution < -0.4 is 16.4 Å². The topological polar surface area (TPSA) is 105 Å². The lowest BCUT2D eigenvalue weighted by molar-refractivity contribution is -0.117. The van der Waals surface area contributed by atoms with Gasteiger partial charge >= 0.3 is 0 Å². The molecule has 4 rings (SSSR count). The number of anilines is 2. The number of nitrogens with two attached hydrogens (primary N) is 1. The largest absolute Gasteiger partial charge is 0.405 e. The fraction of sp³-hybridized carbons (Fsp3) is 0.323. The minimum absolute atomic E-state index is 0.141. The number of methoxy groups -OCH3 is 1. The highest BCUT2D eigenvalue weighted by molar-refractivity contribution is 8.05. The zero-order valence-electron chi connectivity index (χ0n) is 24.5. The molecule has 0 bridgehead atoms. The van der Waals surface area contributed by atoms with Crippen LogP contribution in [0, 0.1) is 6.92 Å². The number of allylic oxidation sites excluding steroid dienone is 1. The van der Waals surface area contributed by atoms with Crippen molar-refractivity contribution in [2.75, 3.05) is 45.2 Å².